The van der Waals surface area contributed by atoms with E-state index in [-0.39, 0.29) is 11.9 Å². The summed E-state index contributed by atoms with van der Waals surface area (Å²) in [4.78, 5) is 11.5. The van der Waals surface area contributed by atoms with Crippen LogP contribution >= 0.6 is 0 Å². The molecule has 0 aromatic heterocycles. The molecule has 0 radical (unpaired) electrons. The van der Waals surface area contributed by atoms with Gasteiger partial charge in [0.2, 0.25) is 5.91 Å². The standard InChI is InChI=1S/C13H22N2O/c1-3-9-15-13(16)11(2)14-10-8-12-6-4-5-7-12/h1,11-12,14H,4-10H2,2H3,(H,15,16). The number of hydrogen-bond donors (Lipinski definition) is 2. The summed E-state index contributed by atoms with van der Waals surface area (Å²) >= 11 is 0. The van der Waals surface area contributed by atoms with Crippen molar-refractivity contribution in [1.29, 1.82) is 0 Å². The number of carbonyl (C=O) groups excluding carboxylic acids is 1. The third kappa shape index (κ3) is 4.67. The highest BCUT2D eigenvalue weighted by atomic mass is 16.2. The highest BCUT2D eigenvalue weighted by Gasteiger charge is 2.16. The molecule has 90 valence electrons. The Bertz CT molecular complexity index is 251. The van der Waals surface area contributed by atoms with E-state index < -0.39 is 0 Å². The molecule has 0 spiro atoms. The van der Waals surface area contributed by atoms with Crippen LogP contribution in [-0.4, -0.2) is 25.0 Å². The van der Waals surface area contributed by atoms with Gasteiger partial charge in [-0.05, 0) is 25.8 Å². The van der Waals surface area contributed by atoms with Crippen LogP contribution in [0.1, 0.15) is 39.0 Å². The molecule has 0 aromatic carbocycles. The van der Waals surface area contributed by atoms with Crippen molar-refractivity contribution in [3.05, 3.63) is 0 Å². The molecule has 1 unspecified atom stereocenters. The Hall–Kier alpha value is -1.01. The Balaban J connectivity index is 2.07. The van der Waals surface area contributed by atoms with Crippen LogP contribution < -0.4 is 10.6 Å². The van der Waals surface area contributed by atoms with Crippen LogP contribution in [0, 0.1) is 18.3 Å². The number of nitrogens with one attached hydrogen (secondary N) is 2. The largest absolute Gasteiger partial charge is 0.344 e. The monoisotopic (exact) mass is 222 g/mol. The van der Waals surface area contributed by atoms with Crippen molar-refractivity contribution in [1.82, 2.24) is 10.6 Å². The molecular weight excluding hydrogens is 200 g/mol. The van der Waals surface area contributed by atoms with Gasteiger partial charge in [0.1, 0.15) is 0 Å². The van der Waals surface area contributed by atoms with Crippen molar-refractivity contribution < 1.29 is 4.79 Å². The first-order chi connectivity index (χ1) is 7.74. The van der Waals surface area contributed by atoms with Crippen LogP contribution in [0.5, 0.6) is 0 Å². The Labute approximate surface area is 98.4 Å². The van der Waals surface area contributed by atoms with Gasteiger partial charge in [-0.3, -0.25) is 4.79 Å². The second kappa shape index (κ2) is 7.29. The van der Waals surface area contributed by atoms with Crippen LogP contribution in [0.15, 0.2) is 0 Å². The maximum absolute atomic E-state index is 11.5. The molecule has 1 fully saturated rings. The minimum Gasteiger partial charge on any atom is -0.344 e. The van der Waals surface area contributed by atoms with Crippen molar-refractivity contribution in [2.45, 2.75) is 45.1 Å². The lowest BCUT2D eigenvalue weighted by atomic mass is 10.0. The fraction of sp³-hybridized carbons (Fsp3) is 0.769. The van der Waals surface area contributed by atoms with Crippen molar-refractivity contribution >= 4 is 5.91 Å². The summed E-state index contributed by atoms with van der Waals surface area (Å²) in [5.41, 5.74) is 0. The van der Waals surface area contributed by atoms with Gasteiger partial charge in [-0.15, -0.1) is 6.42 Å². The normalized spacial score (nSPS) is 18.0. The highest BCUT2D eigenvalue weighted by Crippen LogP contribution is 2.26. The van der Waals surface area contributed by atoms with Crippen LogP contribution in [-0.2, 0) is 4.79 Å². The number of carbonyl (C=O) groups is 1. The second-order valence-electron chi connectivity index (χ2n) is 4.54. The van der Waals surface area contributed by atoms with E-state index in [2.05, 4.69) is 16.6 Å². The molecule has 0 saturated heterocycles. The van der Waals surface area contributed by atoms with E-state index >= 15 is 0 Å². The summed E-state index contributed by atoms with van der Waals surface area (Å²) in [5, 5.41) is 5.91. The molecule has 1 saturated carbocycles. The number of terminal acetylenes is 1. The number of rotatable bonds is 6. The van der Waals surface area contributed by atoms with Crippen LogP contribution in [0.3, 0.4) is 0 Å². The molecule has 1 aliphatic carbocycles. The van der Waals surface area contributed by atoms with Crippen molar-refractivity contribution in [2.75, 3.05) is 13.1 Å². The minimum atomic E-state index is -0.144. The molecule has 1 atom stereocenters. The van der Waals surface area contributed by atoms with Crippen molar-refractivity contribution in [2.24, 2.45) is 5.92 Å². The first-order valence-corrected chi connectivity index (χ1v) is 6.18. The molecule has 3 heteroatoms. The van der Waals surface area contributed by atoms with Gasteiger partial charge in [0.25, 0.3) is 0 Å². The summed E-state index contributed by atoms with van der Waals surface area (Å²) in [7, 11) is 0. The summed E-state index contributed by atoms with van der Waals surface area (Å²) in [6.07, 6.45) is 11.7. The van der Waals surface area contributed by atoms with Gasteiger partial charge in [-0.2, -0.15) is 0 Å². The highest BCUT2D eigenvalue weighted by molar-refractivity contribution is 5.81. The number of amides is 1. The maximum atomic E-state index is 11.5. The molecule has 1 rings (SSSR count). The van der Waals surface area contributed by atoms with Gasteiger partial charge in [0.05, 0.1) is 12.6 Å². The van der Waals surface area contributed by atoms with Gasteiger partial charge < -0.3 is 10.6 Å². The smallest absolute Gasteiger partial charge is 0.237 e. The molecule has 2 N–H and O–H groups in total. The second-order valence-corrected chi connectivity index (χ2v) is 4.54. The first-order valence-electron chi connectivity index (χ1n) is 6.18. The molecule has 3 nitrogen and oxygen atoms in total. The molecule has 1 amide bonds. The fourth-order valence-electron chi connectivity index (χ4n) is 2.19. The molecule has 16 heavy (non-hydrogen) atoms. The van der Waals surface area contributed by atoms with Gasteiger partial charge in [0.15, 0.2) is 0 Å². The topological polar surface area (TPSA) is 41.1 Å². The van der Waals surface area contributed by atoms with Crippen LogP contribution in [0.25, 0.3) is 0 Å². The SMILES string of the molecule is C#CCNC(=O)C(C)NCCC1CCCC1. The van der Waals surface area contributed by atoms with Crippen LogP contribution in [0.2, 0.25) is 0 Å². The van der Waals surface area contributed by atoms with Gasteiger partial charge in [-0.25, -0.2) is 0 Å². The summed E-state index contributed by atoms with van der Waals surface area (Å²) < 4.78 is 0. The van der Waals surface area contributed by atoms with E-state index in [0.717, 1.165) is 12.5 Å². The third-order valence-electron chi connectivity index (χ3n) is 3.24. The zero-order valence-electron chi connectivity index (χ0n) is 10.1. The van der Waals surface area contributed by atoms with E-state index in [0.29, 0.717) is 6.54 Å². The zero-order valence-corrected chi connectivity index (χ0v) is 10.1. The van der Waals surface area contributed by atoms with Crippen molar-refractivity contribution in [3.8, 4) is 12.3 Å². The van der Waals surface area contributed by atoms with Crippen LogP contribution in [0.4, 0.5) is 0 Å². The minimum absolute atomic E-state index is 0.00984. The Kier molecular flexibility index (Phi) is 5.95. The third-order valence-corrected chi connectivity index (χ3v) is 3.24. The van der Waals surface area contributed by atoms with Crippen molar-refractivity contribution in [3.63, 3.8) is 0 Å². The van der Waals surface area contributed by atoms with E-state index in [4.69, 9.17) is 6.42 Å². The zero-order chi connectivity index (χ0) is 11.8. The first kappa shape index (κ1) is 13.1. The average molecular weight is 222 g/mol. The predicted molar refractivity (Wildman–Crippen MR) is 65.9 cm³/mol. The predicted octanol–water partition coefficient (Wildman–Crippen LogP) is 1.29. The van der Waals surface area contributed by atoms with Gasteiger partial charge in [0, 0.05) is 0 Å². The Morgan fingerprint density at radius 3 is 2.81 bits per heavy atom. The summed E-state index contributed by atoms with van der Waals surface area (Å²) in [5.74, 6) is 3.25. The van der Waals surface area contributed by atoms with Gasteiger partial charge >= 0.3 is 0 Å². The lowest BCUT2D eigenvalue weighted by Gasteiger charge is -2.14. The quantitative estimate of drug-likeness (QED) is 0.665. The summed E-state index contributed by atoms with van der Waals surface area (Å²) in [6.45, 7) is 3.11. The Morgan fingerprint density at radius 1 is 1.50 bits per heavy atom. The molecule has 0 aliphatic heterocycles. The van der Waals surface area contributed by atoms with E-state index in [9.17, 15) is 4.79 Å². The molecule has 0 bridgehead atoms. The summed E-state index contributed by atoms with van der Waals surface area (Å²) in [6, 6.07) is -0.144. The lowest BCUT2D eigenvalue weighted by Crippen LogP contribution is -2.42. The molecule has 0 heterocycles. The fourth-order valence-corrected chi connectivity index (χ4v) is 2.19. The average Bonchev–Trinajstić information content (AvgIpc) is 2.78. The maximum Gasteiger partial charge on any atom is 0.237 e. The number of hydrogen-bond acceptors (Lipinski definition) is 2. The van der Waals surface area contributed by atoms with Gasteiger partial charge in [-0.1, -0.05) is 31.6 Å². The lowest BCUT2D eigenvalue weighted by molar-refractivity contribution is -0.122. The van der Waals surface area contributed by atoms with E-state index in [1.54, 1.807) is 0 Å². The molecule has 0 aromatic rings. The van der Waals surface area contributed by atoms with E-state index in [1.165, 1.54) is 32.1 Å². The molecular formula is C13H22N2O. The Morgan fingerprint density at radius 2 is 2.19 bits per heavy atom. The van der Waals surface area contributed by atoms with E-state index in [1.807, 2.05) is 6.92 Å². The molecule has 1 aliphatic rings.